The van der Waals surface area contributed by atoms with E-state index >= 15 is 0 Å². The van der Waals surface area contributed by atoms with E-state index in [0.29, 0.717) is 5.56 Å². The van der Waals surface area contributed by atoms with Crippen molar-refractivity contribution < 1.29 is 9.53 Å². The fourth-order valence-electron chi connectivity index (χ4n) is 3.36. The first kappa shape index (κ1) is 15.1. The van der Waals surface area contributed by atoms with Gasteiger partial charge in [0, 0.05) is 22.2 Å². The van der Waals surface area contributed by atoms with E-state index in [0.717, 1.165) is 38.3 Å². The molecule has 4 aromatic rings. The van der Waals surface area contributed by atoms with Crippen molar-refractivity contribution in [3.05, 3.63) is 77.9 Å². The highest BCUT2D eigenvalue weighted by Crippen LogP contribution is 2.42. The molecule has 0 aliphatic heterocycles. The van der Waals surface area contributed by atoms with E-state index in [1.807, 2.05) is 66.7 Å². The average Bonchev–Trinajstić information content (AvgIpc) is 3.12. The first-order valence-electron chi connectivity index (χ1n) is 8.31. The summed E-state index contributed by atoms with van der Waals surface area (Å²) in [6, 6.07) is 21.2. The van der Waals surface area contributed by atoms with Crippen LogP contribution in [0, 0.1) is 0 Å². The Labute approximate surface area is 154 Å². The van der Waals surface area contributed by atoms with Crippen molar-refractivity contribution in [3.63, 3.8) is 0 Å². The van der Waals surface area contributed by atoms with E-state index in [1.165, 1.54) is 11.5 Å². The Morgan fingerprint density at radius 2 is 1.73 bits per heavy atom. The number of nitrogens with zero attached hydrogens (tertiary/aromatic N) is 1. The van der Waals surface area contributed by atoms with E-state index in [-0.39, 0.29) is 12.5 Å². The lowest BCUT2D eigenvalue weighted by molar-refractivity contribution is 0.104. The second kappa shape index (κ2) is 5.97. The molecular formula is C21H14N2O2S. The number of carbonyl (C=O) groups is 1. The van der Waals surface area contributed by atoms with Gasteiger partial charge in [0.15, 0.2) is 12.5 Å². The molecule has 5 rings (SSSR count). The maximum atomic E-state index is 13.1. The Kier molecular flexibility index (Phi) is 3.47. The van der Waals surface area contributed by atoms with Gasteiger partial charge in [-0.3, -0.25) is 4.79 Å². The highest BCUT2D eigenvalue weighted by Gasteiger charge is 2.29. The van der Waals surface area contributed by atoms with Crippen molar-refractivity contribution in [1.82, 2.24) is 4.37 Å². The third-order valence-corrected chi connectivity index (χ3v) is 5.35. The summed E-state index contributed by atoms with van der Waals surface area (Å²) < 4.78 is 11.4. The lowest BCUT2D eigenvalue weighted by Crippen LogP contribution is -2.16. The Balaban J connectivity index is 1.52. The van der Waals surface area contributed by atoms with Gasteiger partial charge in [0.25, 0.3) is 0 Å². The van der Waals surface area contributed by atoms with Crippen LogP contribution in [-0.4, -0.2) is 16.9 Å². The van der Waals surface area contributed by atoms with Crippen LogP contribution >= 0.6 is 11.5 Å². The second-order valence-electron chi connectivity index (χ2n) is 6.05. The van der Waals surface area contributed by atoms with Gasteiger partial charge in [-0.25, -0.2) is 0 Å². The summed E-state index contributed by atoms with van der Waals surface area (Å²) in [6.45, 7) is 0.280. The van der Waals surface area contributed by atoms with Crippen LogP contribution in [0.4, 0.5) is 5.69 Å². The van der Waals surface area contributed by atoms with Crippen molar-refractivity contribution in [2.75, 3.05) is 12.0 Å². The van der Waals surface area contributed by atoms with E-state index in [2.05, 4.69) is 9.69 Å². The molecule has 0 spiro atoms. The largest absolute Gasteiger partial charge is 0.473 e. The zero-order valence-electron chi connectivity index (χ0n) is 13.7. The van der Waals surface area contributed by atoms with Gasteiger partial charge in [0.1, 0.15) is 5.75 Å². The number of fused-ring (bicyclic) bond motifs is 2. The summed E-state index contributed by atoms with van der Waals surface area (Å²) in [5.74, 6) is 0.809. The second-order valence-corrected chi connectivity index (χ2v) is 6.85. The number of hydrogen-bond acceptors (Lipinski definition) is 5. The Morgan fingerprint density at radius 1 is 0.923 bits per heavy atom. The van der Waals surface area contributed by atoms with Gasteiger partial charge in [0.05, 0.1) is 16.0 Å². The molecule has 0 fully saturated rings. The number of aromatic nitrogens is 1. The zero-order chi connectivity index (χ0) is 17.5. The van der Waals surface area contributed by atoms with Crippen molar-refractivity contribution in [1.29, 1.82) is 0 Å². The summed E-state index contributed by atoms with van der Waals surface area (Å²) in [6.07, 6.45) is 0. The minimum Gasteiger partial charge on any atom is -0.473 e. The Morgan fingerprint density at radius 3 is 2.62 bits per heavy atom. The van der Waals surface area contributed by atoms with Crippen molar-refractivity contribution >= 4 is 33.1 Å². The quantitative estimate of drug-likeness (QED) is 0.462. The molecule has 3 aromatic carbocycles. The van der Waals surface area contributed by atoms with Crippen molar-refractivity contribution in [2.24, 2.45) is 0 Å². The summed E-state index contributed by atoms with van der Waals surface area (Å²) in [4.78, 5) is 13.1. The van der Waals surface area contributed by atoms with E-state index in [4.69, 9.17) is 4.74 Å². The number of nitrogens with one attached hydrogen (secondary N) is 1. The number of anilines is 1. The molecule has 0 bridgehead atoms. The number of hydrogen-bond donors (Lipinski definition) is 1. The van der Waals surface area contributed by atoms with Crippen LogP contribution in [0.5, 0.6) is 5.75 Å². The van der Waals surface area contributed by atoms with Crippen molar-refractivity contribution in [2.45, 2.75) is 0 Å². The molecule has 0 saturated heterocycles. The van der Waals surface area contributed by atoms with Gasteiger partial charge in [-0.1, -0.05) is 42.5 Å². The molecule has 0 radical (unpaired) electrons. The van der Waals surface area contributed by atoms with Crippen LogP contribution in [0.25, 0.3) is 21.3 Å². The number of benzene rings is 3. The standard InChI is InChI=1S/C21H14N2O2S/c24-21-15-9-5-11-17-19(15)20(23-26-17)14-8-4-10-16(18(14)21)22-12-25-13-6-2-1-3-7-13/h1-11,22H,12H2. The average molecular weight is 358 g/mol. The lowest BCUT2D eigenvalue weighted by atomic mass is 9.86. The SMILES string of the molecule is O=C1c2c(NCOc3ccccc3)cccc2-c2nsc3cccc1c23. The predicted octanol–water partition coefficient (Wildman–Crippen LogP) is 4.96. The van der Waals surface area contributed by atoms with E-state index in [9.17, 15) is 4.79 Å². The highest BCUT2D eigenvalue weighted by atomic mass is 32.1. The third kappa shape index (κ3) is 2.29. The molecule has 1 N–H and O–H groups in total. The van der Waals surface area contributed by atoms with Crippen LogP contribution in [0.1, 0.15) is 15.9 Å². The minimum absolute atomic E-state index is 0.0288. The molecule has 1 aliphatic carbocycles. The number of rotatable bonds is 4. The predicted molar refractivity (Wildman–Crippen MR) is 104 cm³/mol. The molecule has 0 atom stereocenters. The maximum absolute atomic E-state index is 13.1. The van der Waals surface area contributed by atoms with E-state index < -0.39 is 0 Å². The molecule has 5 heteroatoms. The molecule has 0 saturated carbocycles. The molecule has 1 heterocycles. The molecule has 1 aromatic heterocycles. The normalized spacial score (nSPS) is 12.1. The maximum Gasteiger partial charge on any atom is 0.196 e. The smallest absolute Gasteiger partial charge is 0.196 e. The summed E-state index contributed by atoms with van der Waals surface area (Å²) in [5, 5.41) is 4.20. The molecule has 0 amide bonds. The van der Waals surface area contributed by atoms with Gasteiger partial charge in [-0.05, 0) is 35.8 Å². The summed E-state index contributed by atoms with van der Waals surface area (Å²) in [5.41, 5.74) is 3.92. The lowest BCUT2D eigenvalue weighted by Gasteiger charge is -2.19. The minimum atomic E-state index is 0.0288. The zero-order valence-corrected chi connectivity index (χ0v) is 14.5. The Bertz CT molecular complexity index is 1140. The van der Waals surface area contributed by atoms with Crippen LogP contribution in [0.15, 0.2) is 66.7 Å². The first-order chi connectivity index (χ1) is 12.8. The number of ketones is 1. The Hall–Kier alpha value is -3.18. The summed E-state index contributed by atoms with van der Waals surface area (Å²) >= 11 is 1.43. The van der Waals surface area contributed by atoms with Crippen LogP contribution in [0.2, 0.25) is 0 Å². The fourth-order valence-corrected chi connectivity index (χ4v) is 4.17. The van der Waals surface area contributed by atoms with Gasteiger partial charge in [-0.2, -0.15) is 4.37 Å². The van der Waals surface area contributed by atoms with Gasteiger partial charge < -0.3 is 10.1 Å². The first-order valence-corrected chi connectivity index (χ1v) is 9.08. The van der Waals surface area contributed by atoms with Crippen LogP contribution < -0.4 is 10.1 Å². The molecular weight excluding hydrogens is 344 g/mol. The number of carbonyl (C=O) groups excluding carboxylic acids is 1. The summed E-state index contributed by atoms with van der Waals surface area (Å²) in [7, 11) is 0. The van der Waals surface area contributed by atoms with Gasteiger partial charge >= 0.3 is 0 Å². The molecule has 4 nitrogen and oxygen atoms in total. The molecule has 1 aliphatic rings. The number of ether oxygens (including phenoxy) is 1. The highest BCUT2D eigenvalue weighted by molar-refractivity contribution is 7.13. The van der Waals surface area contributed by atoms with E-state index in [1.54, 1.807) is 0 Å². The molecule has 126 valence electrons. The van der Waals surface area contributed by atoms with Gasteiger partial charge in [-0.15, -0.1) is 0 Å². The molecule has 0 unspecified atom stereocenters. The monoisotopic (exact) mass is 358 g/mol. The van der Waals surface area contributed by atoms with Crippen molar-refractivity contribution in [3.8, 4) is 17.0 Å². The topological polar surface area (TPSA) is 51.2 Å². The number of para-hydroxylation sites is 1. The third-order valence-electron chi connectivity index (χ3n) is 4.53. The fraction of sp³-hybridized carbons (Fsp3) is 0.0476. The van der Waals surface area contributed by atoms with Crippen LogP contribution in [-0.2, 0) is 0 Å². The van der Waals surface area contributed by atoms with Crippen LogP contribution in [0.3, 0.4) is 0 Å². The van der Waals surface area contributed by atoms with Gasteiger partial charge in [0.2, 0.25) is 0 Å². The molecule has 26 heavy (non-hydrogen) atoms.